The molecule has 0 radical (unpaired) electrons. The van der Waals surface area contributed by atoms with Gasteiger partial charge in [0.1, 0.15) is 0 Å². The lowest BCUT2D eigenvalue weighted by Gasteiger charge is -2.35. The molecule has 0 aromatic heterocycles. The van der Waals surface area contributed by atoms with Gasteiger partial charge in [0.25, 0.3) is 0 Å². The average Bonchev–Trinajstić information content (AvgIpc) is 2.19. The van der Waals surface area contributed by atoms with Crippen molar-refractivity contribution < 1.29 is 9.53 Å². The summed E-state index contributed by atoms with van der Waals surface area (Å²) in [4.78, 5) is 11.0. The molecule has 0 aromatic rings. The van der Waals surface area contributed by atoms with Crippen LogP contribution in [0.3, 0.4) is 0 Å². The SMILES string of the molecule is C=CC(=O)OCC(CC)(CC)C(C)C. The molecule has 0 N–H and O–H groups in total. The van der Waals surface area contributed by atoms with Gasteiger partial charge in [-0.15, -0.1) is 0 Å². The second-order valence-electron chi connectivity index (χ2n) is 4.04. The second kappa shape index (κ2) is 5.84. The molecule has 0 heterocycles. The lowest BCUT2D eigenvalue weighted by atomic mass is 9.73. The van der Waals surface area contributed by atoms with Crippen LogP contribution in [0.5, 0.6) is 0 Å². The first-order chi connectivity index (χ1) is 6.52. The Morgan fingerprint density at radius 1 is 1.43 bits per heavy atom. The molecule has 0 aliphatic heterocycles. The van der Waals surface area contributed by atoms with Gasteiger partial charge in [0.2, 0.25) is 0 Å². The normalized spacial score (nSPS) is 11.5. The fourth-order valence-electron chi connectivity index (χ4n) is 1.71. The number of hydrogen-bond donors (Lipinski definition) is 0. The molecule has 2 heteroatoms. The van der Waals surface area contributed by atoms with Crippen molar-refractivity contribution in [2.45, 2.75) is 40.5 Å². The van der Waals surface area contributed by atoms with Crippen LogP contribution < -0.4 is 0 Å². The van der Waals surface area contributed by atoms with Crippen LogP contribution >= 0.6 is 0 Å². The average molecular weight is 198 g/mol. The molecule has 0 aliphatic rings. The van der Waals surface area contributed by atoms with Gasteiger partial charge >= 0.3 is 5.97 Å². The molecular formula is C12H22O2. The summed E-state index contributed by atoms with van der Waals surface area (Å²) in [6.07, 6.45) is 3.29. The maximum atomic E-state index is 11.0. The summed E-state index contributed by atoms with van der Waals surface area (Å²) < 4.78 is 5.14. The Morgan fingerprint density at radius 3 is 2.21 bits per heavy atom. The van der Waals surface area contributed by atoms with Crippen molar-refractivity contribution in [2.24, 2.45) is 11.3 Å². The highest BCUT2D eigenvalue weighted by atomic mass is 16.5. The number of ether oxygens (including phenoxy) is 1. The van der Waals surface area contributed by atoms with E-state index in [0.29, 0.717) is 12.5 Å². The molecule has 0 spiro atoms. The molecule has 0 saturated heterocycles. The molecule has 0 saturated carbocycles. The molecule has 0 fully saturated rings. The fourth-order valence-corrected chi connectivity index (χ4v) is 1.71. The smallest absolute Gasteiger partial charge is 0.330 e. The highest BCUT2D eigenvalue weighted by molar-refractivity contribution is 5.81. The van der Waals surface area contributed by atoms with E-state index in [-0.39, 0.29) is 11.4 Å². The first-order valence-electron chi connectivity index (χ1n) is 5.31. The number of esters is 1. The van der Waals surface area contributed by atoms with E-state index in [1.165, 1.54) is 6.08 Å². The van der Waals surface area contributed by atoms with Crippen LogP contribution in [0.4, 0.5) is 0 Å². The van der Waals surface area contributed by atoms with E-state index in [1.807, 2.05) is 0 Å². The van der Waals surface area contributed by atoms with Gasteiger partial charge in [-0.25, -0.2) is 4.79 Å². The van der Waals surface area contributed by atoms with Gasteiger partial charge in [0.05, 0.1) is 6.61 Å². The quantitative estimate of drug-likeness (QED) is 0.484. The Morgan fingerprint density at radius 2 is 1.93 bits per heavy atom. The summed E-state index contributed by atoms with van der Waals surface area (Å²) in [5.41, 5.74) is 0.124. The molecule has 2 nitrogen and oxygen atoms in total. The maximum absolute atomic E-state index is 11.0. The molecule has 0 amide bonds. The third kappa shape index (κ3) is 3.17. The second-order valence-corrected chi connectivity index (χ2v) is 4.04. The van der Waals surface area contributed by atoms with Crippen molar-refractivity contribution in [3.05, 3.63) is 12.7 Å². The van der Waals surface area contributed by atoms with Crippen molar-refractivity contribution in [2.75, 3.05) is 6.61 Å². The Kier molecular flexibility index (Phi) is 5.51. The monoisotopic (exact) mass is 198 g/mol. The van der Waals surface area contributed by atoms with E-state index >= 15 is 0 Å². The van der Waals surface area contributed by atoms with Crippen LogP contribution in [-0.2, 0) is 9.53 Å². The van der Waals surface area contributed by atoms with Crippen molar-refractivity contribution in [1.29, 1.82) is 0 Å². The van der Waals surface area contributed by atoms with Crippen LogP contribution in [0, 0.1) is 11.3 Å². The summed E-state index contributed by atoms with van der Waals surface area (Å²) in [6.45, 7) is 12.5. The van der Waals surface area contributed by atoms with Crippen LogP contribution in [0.2, 0.25) is 0 Å². The maximum Gasteiger partial charge on any atom is 0.330 e. The molecular weight excluding hydrogens is 176 g/mol. The minimum absolute atomic E-state index is 0.124. The van der Waals surface area contributed by atoms with Crippen LogP contribution in [0.25, 0.3) is 0 Å². The largest absolute Gasteiger partial charge is 0.462 e. The number of rotatable bonds is 6. The standard InChI is InChI=1S/C12H22O2/c1-6-11(13)14-9-12(7-2,8-3)10(4)5/h6,10H,1,7-9H2,2-5H3. The van der Waals surface area contributed by atoms with Crippen molar-refractivity contribution in [3.8, 4) is 0 Å². The number of carbonyl (C=O) groups excluding carboxylic acids is 1. The fraction of sp³-hybridized carbons (Fsp3) is 0.750. The lowest BCUT2D eigenvalue weighted by Crippen LogP contribution is -2.32. The van der Waals surface area contributed by atoms with Crippen molar-refractivity contribution in [3.63, 3.8) is 0 Å². The zero-order valence-corrected chi connectivity index (χ0v) is 9.80. The third-order valence-corrected chi connectivity index (χ3v) is 3.30. The van der Waals surface area contributed by atoms with Gasteiger partial charge in [-0.1, -0.05) is 34.3 Å². The van der Waals surface area contributed by atoms with Crippen LogP contribution in [0.15, 0.2) is 12.7 Å². The highest BCUT2D eigenvalue weighted by Gasteiger charge is 2.31. The Hall–Kier alpha value is -0.790. The Balaban J connectivity index is 4.36. The zero-order valence-electron chi connectivity index (χ0n) is 9.80. The summed E-state index contributed by atoms with van der Waals surface area (Å²) in [5, 5.41) is 0. The van der Waals surface area contributed by atoms with E-state index in [9.17, 15) is 4.79 Å². The van der Waals surface area contributed by atoms with Crippen LogP contribution in [-0.4, -0.2) is 12.6 Å². The molecule has 82 valence electrons. The summed E-state index contributed by atoms with van der Waals surface area (Å²) >= 11 is 0. The molecule has 0 atom stereocenters. The van der Waals surface area contributed by atoms with Crippen molar-refractivity contribution >= 4 is 5.97 Å². The van der Waals surface area contributed by atoms with Crippen molar-refractivity contribution in [1.82, 2.24) is 0 Å². The van der Waals surface area contributed by atoms with Crippen LogP contribution in [0.1, 0.15) is 40.5 Å². The molecule has 0 bridgehead atoms. The minimum Gasteiger partial charge on any atom is -0.462 e. The predicted octanol–water partition coefficient (Wildman–Crippen LogP) is 3.18. The van der Waals surface area contributed by atoms with Gasteiger partial charge in [0.15, 0.2) is 0 Å². The molecule has 0 aliphatic carbocycles. The molecule has 0 rings (SSSR count). The lowest BCUT2D eigenvalue weighted by molar-refractivity contribution is -0.142. The molecule has 0 aromatic carbocycles. The van der Waals surface area contributed by atoms with Gasteiger partial charge in [0, 0.05) is 11.5 Å². The zero-order chi connectivity index (χ0) is 11.2. The number of hydrogen-bond acceptors (Lipinski definition) is 2. The first-order valence-corrected chi connectivity index (χ1v) is 5.31. The summed E-state index contributed by atoms with van der Waals surface area (Å²) in [6, 6.07) is 0. The molecule has 14 heavy (non-hydrogen) atoms. The highest BCUT2D eigenvalue weighted by Crippen LogP contribution is 2.35. The van der Waals surface area contributed by atoms with E-state index < -0.39 is 0 Å². The van der Waals surface area contributed by atoms with E-state index in [4.69, 9.17) is 4.74 Å². The van der Waals surface area contributed by atoms with Gasteiger partial charge in [-0.3, -0.25) is 0 Å². The Labute approximate surface area is 87.3 Å². The molecule has 0 unspecified atom stereocenters. The predicted molar refractivity (Wildman–Crippen MR) is 59.0 cm³/mol. The van der Waals surface area contributed by atoms with Gasteiger partial charge < -0.3 is 4.74 Å². The summed E-state index contributed by atoms with van der Waals surface area (Å²) in [5.74, 6) is 0.201. The van der Waals surface area contributed by atoms with Gasteiger partial charge in [-0.2, -0.15) is 0 Å². The number of carbonyl (C=O) groups is 1. The Bertz CT molecular complexity index is 190. The minimum atomic E-state index is -0.322. The third-order valence-electron chi connectivity index (χ3n) is 3.30. The first kappa shape index (κ1) is 13.2. The van der Waals surface area contributed by atoms with E-state index in [2.05, 4.69) is 34.3 Å². The summed E-state index contributed by atoms with van der Waals surface area (Å²) in [7, 11) is 0. The van der Waals surface area contributed by atoms with E-state index in [0.717, 1.165) is 12.8 Å². The topological polar surface area (TPSA) is 26.3 Å². The van der Waals surface area contributed by atoms with Gasteiger partial charge in [-0.05, 0) is 18.8 Å². The van der Waals surface area contributed by atoms with E-state index in [1.54, 1.807) is 0 Å².